The number of nitrogens with one attached hydrogen (secondary N) is 2. The third-order valence-electron chi connectivity index (χ3n) is 5.68. The number of fused-ring (bicyclic) bond motifs is 1. The number of rotatable bonds is 6. The number of anilines is 1. The van der Waals surface area contributed by atoms with Gasteiger partial charge in [-0.3, -0.25) is 9.29 Å². The number of nitrogens with zero attached hydrogens (tertiary/aromatic N) is 4. The molecule has 0 radical (unpaired) electrons. The summed E-state index contributed by atoms with van der Waals surface area (Å²) in [5.41, 5.74) is -0.0665. The summed E-state index contributed by atoms with van der Waals surface area (Å²) in [6.07, 6.45) is 0.164. The summed E-state index contributed by atoms with van der Waals surface area (Å²) in [4.78, 5) is 14.0. The predicted octanol–water partition coefficient (Wildman–Crippen LogP) is 2.26. The summed E-state index contributed by atoms with van der Waals surface area (Å²) in [6.45, 7) is 10.8. The van der Waals surface area contributed by atoms with Gasteiger partial charge in [0.1, 0.15) is 17.5 Å². The smallest absolute Gasteiger partial charge is 0.368 e. The van der Waals surface area contributed by atoms with Crippen LogP contribution in [-0.2, 0) is 0 Å². The first kappa shape index (κ1) is 30.5. The second-order valence-electron chi connectivity index (χ2n) is 8.03. The van der Waals surface area contributed by atoms with Crippen LogP contribution in [0, 0.1) is 18.9 Å². The summed E-state index contributed by atoms with van der Waals surface area (Å²) < 4.78 is 43.3. The molecule has 0 bridgehead atoms. The fraction of sp³-hybridized carbons (Fsp3) is 0.400. The van der Waals surface area contributed by atoms with E-state index in [0.29, 0.717) is 22.7 Å². The standard InChI is InChI=1S/C23H26F3N6S.C2H6.Na/c1-14(17-6-5-7-18(20(17)24)21(25)26)29-23-19-12-16(13-28-22(19)30-15(2)31-23)33(3,4)32-10-8-27-9-11-32;1-2;/h5-7,12,14,21,27H,3-4,8-11H2,1-2H3,(H,28,29,30,31);1-2H3;/q-1;;+1/t14-;;/m1../s1. The Balaban J connectivity index is 0.00000148. The second-order valence-corrected chi connectivity index (χ2v) is 10.7. The number of piperazine rings is 1. The Bertz CT molecular complexity index is 1280. The largest absolute Gasteiger partial charge is 1.00 e. The van der Waals surface area contributed by atoms with E-state index in [2.05, 4.69) is 47.8 Å². The number of hydrogen-bond donors (Lipinski definition) is 2. The van der Waals surface area contributed by atoms with Crippen LogP contribution in [0.15, 0.2) is 29.2 Å². The van der Waals surface area contributed by atoms with Crippen molar-refractivity contribution in [3.63, 3.8) is 0 Å². The van der Waals surface area contributed by atoms with E-state index in [-0.39, 0.29) is 35.1 Å². The van der Waals surface area contributed by atoms with Crippen molar-refractivity contribution < 1.29 is 42.7 Å². The summed E-state index contributed by atoms with van der Waals surface area (Å²) in [5, 5.41) is 7.10. The molecular weight excluding hydrogens is 496 g/mol. The average molecular weight is 529 g/mol. The molecule has 1 atom stereocenters. The third-order valence-corrected chi connectivity index (χ3v) is 8.06. The van der Waals surface area contributed by atoms with Crippen molar-refractivity contribution in [1.29, 1.82) is 0 Å². The Kier molecular flexibility index (Phi) is 11.2. The molecule has 0 spiro atoms. The van der Waals surface area contributed by atoms with E-state index < -0.39 is 33.2 Å². The maximum Gasteiger partial charge on any atom is 1.00 e. The molecule has 2 N–H and O–H groups in total. The summed E-state index contributed by atoms with van der Waals surface area (Å²) in [5.74, 6) is 8.74. The van der Waals surface area contributed by atoms with Gasteiger partial charge in [-0.15, -0.1) is 6.07 Å². The molecule has 2 aromatic heterocycles. The minimum absolute atomic E-state index is 0. The zero-order valence-corrected chi connectivity index (χ0v) is 24.4. The first-order valence-electron chi connectivity index (χ1n) is 11.5. The molecule has 11 heteroatoms. The first-order valence-corrected chi connectivity index (χ1v) is 13.5. The SMILES string of the molecule is C=S(=C)(c1[c-]nc2nc(C)nc(N[C@H](C)c3cccc(C(F)F)c3F)c2c1)N1CCNCC1.CC.[Na+]. The molecule has 1 saturated heterocycles. The van der Waals surface area contributed by atoms with Gasteiger partial charge in [0.2, 0.25) is 0 Å². The van der Waals surface area contributed by atoms with E-state index >= 15 is 0 Å². The van der Waals surface area contributed by atoms with Crippen molar-refractivity contribution >= 4 is 38.0 Å². The van der Waals surface area contributed by atoms with Crippen LogP contribution in [0.5, 0.6) is 0 Å². The number of halogens is 3. The average Bonchev–Trinajstić information content (AvgIpc) is 2.85. The van der Waals surface area contributed by atoms with Gasteiger partial charge in [-0.1, -0.05) is 54.9 Å². The molecule has 4 rings (SSSR count). The van der Waals surface area contributed by atoms with E-state index in [1.54, 1.807) is 13.8 Å². The number of aryl methyl sites for hydroxylation is 1. The Labute approximate surface area is 234 Å². The van der Waals surface area contributed by atoms with Crippen LogP contribution in [-0.4, -0.2) is 57.2 Å². The zero-order chi connectivity index (χ0) is 25.8. The molecule has 0 amide bonds. The van der Waals surface area contributed by atoms with Crippen molar-refractivity contribution in [2.75, 3.05) is 31.5 Å². The topological polar surface area (TPSA) is 66.0 Å². The Morgan fingerprint density at radius 3 is 2.42 bits per heavy atom. The van der Waals surface area contributed by atoms with Crippen molar-refractivity contribution in [3.05, 3.63) is 53.2 Å². The van der Waals surface area contributed by atoms with Crippen LogP contribution in [0.25, 0.3) is 11.0 Å². The van der Waals surface area contributed by atoms with Crippen LogP contribution in [0.4, 0.5) is 19.0 Å². The fourth-order valence-corrected chi connectivity index (χ4v) is 5.56. The normalized spacial score (nSPS) is 15.1. The minimum Gasteiger partial charge on any atom is -0.368 e. The van der Waals surface area contributed by atoms with Gasteiger partial charge < -0.3 is 15.6 Å². The van der Waals surface area contributed by atoms with Gasteiger partial charge in [0.25, 0.3) is 6.43 Å². The number of hydrogen-bond acceptors (Lipinski definition) is 6. The first-order chi connectivity index (χ1) is 16.7. The van der Waals surface area contributed by atoms with Crippen molar-refractivity contribution in [2.45, 2.75) is 45.1 Å². The molecule has 36 heavy (non-hydrogen) atoms. The molecule has 190 valence electrons. The van der Waals surface area contributed by atoms with E-state index in [0.717, 1.165) is 37.1 Å². The molecule has 6 nitrogen and oxygen atoms in total. The Hall–Kier alpha value is -1.69. The minimum atomic E-state index is -2.89. The molecule has 3 heterocycles. The number of benzene rings is 1. The van der Waals surface area contributed by atoms with Crippen molar-refractivity contribution in [2.24, 2.45) is 0 Å². The van der Waals surface area contributed by atoms with Gasteiger partial charge in [-0.05, 0) is 19.2 Å². The van der Waals surface area contributed by atoms with Gasteiger partial charge in [0.15, 0.2) is 0 Å². The van der Waals surface area contributed by atoms with Gasteiger partial charge >= 0.3 is 29.6 Å². The molecule has 1 aliphatic rings. The molecule has 0 unspecified atom stereocenters. The molecule has 0 saturated carbocycles. The van der Waals surface area contributed by atoms with Gasteiger partial charge in [0, 0.05) is 31.7 Å². The summed E-state index contributed by atoms with van der Waals surface area (Å²) >= 11 is 0. The van der Waals surface area contributed by atoms with Gasteiger partial charge in [-0.25, -0.2) is 18.2 Å². The summed E-state index contributed by atoms with van der Waals surface area (Å²) in [6, 6.07) is 5.25. The molecule has 1 aliphatic heterocycles. The number of alkyl halides is 2. The summed E-state index contributed by atoms with van der Waals surface area (Å²) in [7, 11) is -1.83. The van der Waals surface area contributed by atoms with E-state index in [4.69, 9.17) is 0 Å². The van der Waals surface area contributed by atoms with Gasteiger partial charge in [-0.2, -0.15) is 9.39 Å². The van der Waals surface area contributed by atoms with E-state index in [1.165, 1.54) is 12.1 Å². The van der Waals surface area contributed by atoms with Gasteiger partial charge in [0.05, 0.1) is 17.3 Å². The van der Waals surface area contributed by atoms with E-state index in [1.807, 2.05) is 19.9 Å². The predicted molar refractivity (Wildman–Crippen MR) is 140 cm³/mol. The van der Waals surface area contributed by atoms with Crippen LogP contribution in [0.3, 0.4) is 0 Å². The molecule has 1 aromatic carbocycles. The van der Waals surface area contributed by atoms with Crippen LogP contribution >= 0.6 is 9.39 Å². The van der Waals surface area contributed by atoms with Crippen molar-refractivity contribution in [1.82, 2.24) is 24.6 Å². The second kappa shape index (κ2) is 13.2. The molecular formula is C25H32F3N6NaS. The van der Waals surface area contributed by atoms with Crippen LogP contribution in [0.1, 0.15) is 50.2 Å². The third kappa shape index (κ3) is 6.59. The zero-order valence-electron chi connectivity index (χ0n) is 21.5. The quantitative estimate of drug-likeness (QED) is 0.291. The van der Waals surface area contributed by atoms with Crippen molar-refractivity contribution in [3.8, 4) is 0 Å². The van der Waals surface area contributed by atoms with E-state index in [9.17, 15) is 13.2 Å². The van der Waals surface area contributed by atoms with Crippen LogP contribution < -0.4 is 40.2 Å². The fourth-order valence-electron chi connectivity index (χ4n) is 3.85. The maximum absolute atomic E-state index is 14.7. The molecule has 3 aromatic rings. The van der Waals surface area contributed by atoms with Crippen LogP contribution in [0.2, 0.25) is 0 Å². The monoisotopic (exact) mass is 528 g/mol. The Morgan fingerprint density at radius 2 is 1.78 bits per heavy atom. The molecule has 1 fully saturated rings. The maximum atomic E-state index is 14.7. The number of pyridine rings is 1. The number of aromatic nitrogens is 3. The Morgan fingerprint density at radius 1 is 1.14 bits per heavy atom. The molecule has 0 aliphatic carbocycles.